The third-order valence-corrected chi connectivity index (χ3v) is 22.1. The lowest BCUT2D eigenvalue weighted by Gasteiger charge is -2.57. The van der Waals surface area contributed by atoms with Gasteiger partial charge in [0.25, 0.3) is 0 Å². The van der Waals surface area contributed by atoms with Gasteiger partial charge in [-0.25, -0.2) is 0 Å². The van der Waals surface area contributed by atoms with E-state index in [0.717, 1.165) is 0 Å². The summed E-state index contributed by atoms with van der Waals surface area (Å²) in [7, 11) is -1.98. The van der Waals surface area contributed by atoms with Crippen molar-refractivity contribution in [2.45, 2.75) is 207 Å². The fourth-order valence-corrected chi connectivity index (χ4v) is 21.7. The van der Waals surface area contributed by atoms with E-state index in [-0.39, 0.29) is 27.3 Å². The summed E-state index contributed by atoms with van der Waals surface area (Å²) in [6.07, 6.45) is 14.5. The molecule has 0 bridgehead atoms. The van der Waals surface area contributed by atoms with Crippen LogP contribution < -0.4 is 0 Å². The molecule has 0 heterocycles. The number of unbranched alkanes of at least 4 members (excludes halogenated alkanes) is 2. The second kappa shape index (κ2) is 16.4. The molecule has 0 saturated heterocycles. The minimum atomic E-state index is -1.98. The lowest BCUT2D eigenvalue weighted by Crippen LogP contribution is -2.67. The molecule has 0 N–H and O–H groups in total. The van der Waals surface area contributed by atoms with Gasteiger partial charge in [0, 0.05) is 16.5 Å². The summed E-state index contributed by atoms with van der Waals surface area (Å²) in [5.74, 6) is 1.86. The number of benzene rings is 4. The number of rotatable bonds is 10. The van der Waals surface area contributed by atoms with E-state index in [2.05, 4.69) is 219 Å². The Balaban J connectivity index is 1.43. The van der Waals surface area contributed by atoms with Gasteiger partial charge in [-0.3, -0.25) is 0 Å². The van der Waals surface area contributed by atoms with Crippen molar-refractivity contribution in [3.05, 3.63) is 147 Å². The highest BCUT2D eigenvalue weighted by atomic mass is 28.3. The van der Waals surface area contributed by atoms with Gasteiger partial charge in [-0.2, -0.15) is 0 Å². The van der Waals surface area contributed by atoms with Gasteiger partial charge < -0.3 is 4.57 Å². The molecule has 4 aromatic rings. The van der Waals surface area contributed by atoms with Gasteiger partial charge in [0.05, 0.1) is 5.41 Å². The summed E-state index contributed by atoms with van der Waals surface area (Å²) in [6.45, 7) is 44.2. The molecule has 1 nitrogen and oxygen atoms in total. The molecule has 0 radical (unpaired) electrons. The first-order chi connectivity index (χ1) is 30.2. The standard InChI is InChI=1S/C63H87NSi/c1-19-21-33-62(34-22-20-2)53-36-43-35-42(4)57(65(17,18)64(60(11,12)13)61(14,15)16)51(43)40-52(53)50-32-29-47(39-54(50)62)63(44-25-23-41(3)24-26-44)55-37-45(58(5,6)7)27-30-48(55)49-31-28-46(38-56(49)63)59(8,9)10/h23-32,36-40,42-43,51,57H,19-22,33-35H2,1-18H3. The van der Waals surface area contributed by atoms with Gasteiger partial charge in [0.1, 0.15) is 8.24 Å². The minimum Gasteiger partial charge on any atom is -0.314 e. The lowest BCUT2D eigenvalue weighted by molar-refractivity contribution is 0.121. The highest BCUT2D eigenvalue weighted by Gasteiger charge is 2.58. The highest BCUT2D eigenvalue weighted by molar-refractivity contribution is 6.76. The van der Waals surface area contributed by atoms with Crippen molar-refractivity contribution >= 4 is 13.8 Å². The second-order valence-electron chi connectivity index (χ2n) is 26.2. The zero-order valence-corrected chi connectivity index (χ0v) is 45.4. The van der Waals surface area contributed by atoms with Crippen molar-refractivity contribution in [1.82, 2.24) is 4.57 Å². The molecule has 1 fully saturated rings. The molecule has 4 aliphatic carbocycles. The Bertz CT molecular complexity index is 2410. The number of nitrogens with zero attached hydrogens (tertiary/aromatic N) is 1. The van der Waals surface area contributed by atoms with Crippen LogP contribution in [0.1, 0.15) is 199 Å². The Morgan fingerprint density at radius 2 is 1.09 bits per heavy atom. The van der Waals surface area contributed by atoms with Gasteiger partial charge in [-0.1, -0.05) is 198 Å². The summed E-state index contributed by atoms with van der Waals surface area (Å²) < 4.78 is 3.01. The van der Waals surface area contributed by atoms with E-state index in [1.54, 1.807) is 16.7 Å². The SMILES string of the molecule is CCCCC1(CCCC)C2=CC3CC(C)C([Si](C)(C)N(C(C)(C)C)C(C)(C)C)C3C=C2c2ccc(C3(c4ccc(C)cc4)c4cc(C(C)(C)C)ccc4-c4ccc(C(C)(C)C)cc43)cc21. The Morgan fingerprint density at radius 1 is 0.600 bits per heavy atom. The van der Waals surface area contributed by atoms with Gasteiger partial charge in [-0.15, -0.1) is 0 Å². The third-order valence-electron chi connectivity index (χ3n) is 17.0. The number of hydrogen-bond donors (Lipinski definition) is 0. The van der Waals surface area contributed by atoms with Crippen LogP contribution in [-0.4, -0.2) is 23.9 Å². The Labute approximate surface area is 399 Å². The fraction of sp³-hybridized carbons (Fsp3) is 0.556. The summed E-state index contributed by atoms with van der Waals surface area (Å²) in [6, 6.07) is 32.7. The first-order valence-electron chi connectivity index (χ1n) is 26.0. The fourth-order valence-electron chi connectivity index (χ4n) is 15.1. The van der Waals surface area contributed by atoms with Gasteiger partial charge in [0.2, 0.25) is 0 Å². The van der Waals surface area contributed by atoms with Crippen LogP contribution in [0.3, 0.4) is 0 Å². The number of allylic oxidation sites excluding steroid dienone is 4. The predicted molar refractivity (Wildman–Crippen MR) is 286 cm³/mol. The van der Waals surface area contributed by atoms with Crippen molar-refractivity contribution in [1.29, 1.82) is 0 Å². The maximum Gasteiger partial charge on any atom is 0.127 e. The molecule has 0 aromatic heterocycles. The topological polar surface area (TPSA) is 3.24 Å². The van der Waals surface area contributed by atoms with Crippen molar-refractivity contribution in [2.24, 2.45) is 17.8 Å². The molecule has 0 amide bonds. The van der Waals surface area contributed by atoms with Crippen LogP contribution in [0.25, 0.3) is 16.7 Å². The smallest absolute Gasteiger partial charge is 0.127 e. The quantitative estimate of drug-likeness (QED) is 0.126. The van der Waals surface area contributed by atoms with Crippen LogP contribution in [0, 0.1) is 24.7 Å². The van der Waals surface area contributed by atoms with Crippen LogP contribution in [0.5, 0.6) is 0 Å². The van der Waals surface area contributed by atoms with Gasteiger partial charge >= 0.3 is 0 Å². The van der Waals surface area contributed by atoms with E-state index >= 15 is 0 Å². The molecule has 4 unspecified atom stereocenters. The van der Waals surface area contributed by atoms with Crippen molar-refractivity contribution < 1.29 is 0 Å². The van der Waals surface area contributed by atoms with Crippen LogP contribution >= 0.6 is 0 Å². The molecule has 4 aromatic carbocycles. The number of fused-ring (bicyclic) bond motifs is 7. The van der Waals surface area contributed by atoms with E-state index in [4.69, 9.17) is 0 Å². The molecular formula is C63H87NSi. The van der Waals surface area contributed by atoms with Gasteiger partial charge in [-0.05, 0) is 169 Å². The Kier molecular flexibility index (Phi) is 12.1. The van der Waals surface area contributed by atoms with Crippen molar-refractivity contribution in [2.75, 3.05) is 0 Å². The lowest BCUT2D eigenvalue weighted by atomic mass is 9.64. The summed E-state index contributed by atoms with van der Waals surface area (Å²) in [5.41, 5.74) is 19.4. The molecule has 2 heteroatoms. The first-order valence-corrected chi connectivity index (χ1v) is 29.0. The molecule has 0 spiro atoms. The first kappa shape index (κ1) is 48.0. The molecule has 4 atom stereocenters. The van der Waals surface area contributed by atoms with Crippen LogP contribution in [-0.2, 0) is 21.7 Å². The van der Waals surface area contributed by atoms with E-state index in [1.807, 2.05) is 0 Å². The van der Waals surface area contributed by atoms with Crippen LogP contribution in [0.15, 0.2) is 96.6 Å². The maximum absolute atomic E-state index is 3.01. The zero-order valence-electron chi connectivity index (χ0n) is 44.4. The maximum atomic E-state index is 3.01. The Hall–Kier alpha value is -3.46. The van der Waals surface area contributed by atoms with Crippen molar-refractivity contribution in [3.63, 3.8) is 0 Å². The predicted octanol–water partition coefficient (Wildman–Crippen LogP) is 17.7. The zero-order chi connectivity index (χ0) is 47.4. The van der Waals surface area contributed by atoms with Crippen LogP contribution in [0.4, 0.5) is 0 Å². The molecule has 1 saturated carbocycles. The van der Waals surface area contributed by atoms with E-state index in [1.165, 1.54) is 101 Å². The van der Waals surface area contributed by atoms with E-state index < -0.39 is 13.7 Å². The summed E-state index contributed by atoms with van der Waals surface area (Å²) in [4.78, 5) is 0. The molecule has 65 heavy (non-hydrogen) atoms. The van der Waals surface area contributed by atoms with E-state index in [0.29, 0.717) is 23.3 Å². The summed E-state index contributed by atoms with van der Waals surface area (Å²) in [5, 5.41) is 0. The highest BCUT2D eigenvalue weighted by Crippen LogP contribution is 2.65. The molecular weight excluding hydrogens is 799 g/mol. The van der Waals surface area contributed by atoms with E-state index in [9.17, 15) is 0 Å². The average molecular weight is 886 g/mol. The van der Waals surface area contributed by atoms with Crippen LogP contribution in [0.2, 0.25) is 18.6 Å². The Morgan fingerprint density at radius 3 is 1.57 bits per heavy atom. The summed E-state index contributed by atoms with van der Waals surface area (Å²) >= 11 is 0. The third kappa shape index (κ3) is 7.76. The monoisotopic (exact) mass is 886 g/mol. The van der Waals surface area contributed by atoms with Gasteiger partial charge in [0.15, 0.2) is 0 Å². The number of hydrogen-bond acceptors (Lipinski definition) is 1. The minimum absolute atomic E-state index is 0.00450. The molecule has 8 rings (SSSR count). The molecule has 348 valence electrons. The normalized spacial score (nSPS) is 22.3. The largest absolute Gasteiger partial charge is 0.314 e. The molecule has 4 aliphatic rings. The van der Waals surface area contributed by atoms with Crippen molar-refractivity contribution in [3.8, 4) is 11.1 Å². The average Bonchev–Trinajstić information content (AvgIpc) is 3.79. The molecule has 0 aliphatic heterocycles. The second-order valence-corrected chi connectivity index (χ2v) is 30.6. The number of aryl methyl sites for hydroxylation is 1.